The van der Waals surface area contributed by atoms with Crippen molar-refractivity contribution in [1.29, 1.82) is 0 Å². The van der Waals surface area contributed by atoms with Crippen LogP contribution in [0.4, 0.5) is 0 Å². The van der Waals surface area contributed by atoms with Gasteiger partial charge in [-0.05, 0) is 37.8 Å². The Morgan fingerprint density at radius 2 is 1.61 bits per heavy atom. The number of aromatic nitrogens is 4. The summed E-state index contributed by atoms with van der Waals surface area (Å²) in [5, 5.41) is 20.7. The number of H-pyrrole nitrogens is 2. The number of nitrogens with one attached hydrogen (secondary N) is 6. The summed E-state index contributed by atoms with van der Waals surface area (Å²) in [4.78, 5) is 64.3. The van der Waals surface area contributed by atoms with Gasteiger partial charge in [-0.2, -0.15) is 11.8 Å². The van der Waals surface area contributed by atoms with E-state index in [0.717, 1.165) is 13.0 Å². The second-order valence-corrected chi connectivity index (χ2v) is 9.50. The molecule has 7 N–H and O–H groups in total. The molecule has 196 valence electrons. The third kappa shape index (κ3) is 8.09. The van der Waals surface area contributed by atoms with Crippen LogP contribution in [0.3, 0.4) is 0 Å². The summed E-state index contributed by atoms with van der Waals surface area (Å²) in [5.41, 5.74) is 1.12. The third-order valence-electron chi connectivity index (χ3n) is 5.83. The van der Waals surface area contributed by atoms with E-state index in [1.807, 2.05) is 6.26 Å². The van der Waals surface area contributed by atoms with Crippen LogP contribution in [0.2, 0.25) is 0 Å². The summed E-state index contributed by atoms with van der Waals surface area (Å²) in [6.45, 7) is 0.746. The summed E-state index contributed by atoms with van der Waals surface area (Å²) >= 11 is 1.54. The number of aromatic amines is 2. The molecular weight excluding hydrogens is 488 g/mol. The van der Waals surface area contributed by atoms with Gasteiger partial charge in [0.1, 0.15) is 18.1 Å². The van der Waals surface area contributed by atoms with E-state index >= 15 is 0 Å². The minimum atomic E-state index is -1.24. The van der Waals surface area contributed by atoms with Gasteiger partial charge in [-0.1, -0.05) is 0 Å². The van der Waals surface area contributed by atoms with Crippen molar-refractivity contribution in [2.24, 2.45) is 0 Å². The van der Waals surface area contributed by atoms with Crippen molar-refractivity contribution in [1.82, 2.24) is 41.2 Å². The highest BCUT2D eigenvalue weighted by Gasteiger charge is 2.32. The van der Waals surface area contributed by atoms with Crippen LogP contribution in [0.15, 0.2) is 25.0 Å². The van der Waals surface area contributed by atoms with Gasteiger partial charge >= 0.3 is 5.97 Å². The summed E-state index contributed by atoms with van der Waals surface area (Å²) in [6.07, 6.45) is 9.76. The van der Waals surface area contributed by atoms with E-state index in [1.54, 1.807) is 0 Å². The van der Waals surface area contributed by atoms with Gasteiger partial charge in [0, 0.05) is 36.6 Å². The number of carboxylic acids is 1. The zero-order valence-corrected chi connectivity index (χ0v) is 20.8. The molecule has 2 aromatic rings. The molecular formula is C22H32N8O5S. The molecule has 3 heterocycles. The van der Waals surface area contributed by atoms with Crippen LogP contribution >= 0.6 is 11.8 Å². The van der Waals surface area contributed by atoms with Crippen molar-refractivity contribution < 1.29 is 24.3 Å². The number of imidazole rings is 2. The van der Waals surface area contributed by atoms with E-state index in [-0.39, 0.29) is 24.8 Å². The maximum atomic E-state index is 13.2. The zero-order valence-electron chi connectivity index (χ0n) is 20.0. The number of carboxylic acid groups (broad SMARTS) is 1. The predicted octanol–water partition coefficient (Wildman–Crippen LogP) is -1.04. The number of carbonyl (C=O) groups is 4. The number of hydrogen-bond donors (Lipinski definition) is 7. The van der Waals surface area contributed by atoms with Crippen molar-refractivity contribution in [3.05, 3.63) is 36.4 Å². The first-order valence-electron chi connectivity index (χ1n) is 11.7. The quantitative estimate of drug-likeness (QED) is 0.163. The van der Waals surface area contributed by atoms with E-state index in [1.165, 1.54) is 36.8 Å². The topological polar surface area (TPSA) is 194 Å². The molecule has 0 aliphatic carbocycles. The van der Waals surface area contributed by atoms with Crippen molar-refractivity contribution in [2.45, 2.75) is 56.3 Å². The van der Waals surface area contributed by atoms with E-state index in [2.05, 4.69) is 41.2 Å². The lowest BCUT2D eigenvalue weighted by atomic mass is 10.1. The zero-order chi connectivity index (χ0) is 25.9. The van der Waals surface area contributed by atoms with Gasteiger partial charge in [0.2, 0.25) is 17.7 Å². The maximum absolute atomic E-state index is 13.2. The van der Waals surface area contributed by atoms with Gasteiger partial charge in [0.05, 0.1) is 18.7 Å². The molecule has 14 heteroatoms. The summed E-state index contributed by atoms with van der Waals surface area (Å²) in [7, 11) is 0. The highest BCUT2D eigenvalue weighted by molar-refractivity contribution is 7.98. The van der Waals surface area contributed by atoms with Crippen LogP contribution in [0.5, 0.6) is 0 Å². The molecule has 1 aliphatic rings. The fourth-order valence-corrected chi connectivity index (χ4v) is 4.34. The van der Waals surface area contributed by atoms with Crippen LogP contribution in [-0.4, -0.2) is 91.5 Å². The minimum absolute atomic E-state index is 0.00735. The molecule has 36 heavy (non-hydrogen) atoms. The SMILES string of the molecule is CSCCC(NC(=O)C1CCCN1)C(=O)NC(Cc1cnc[nH]1)C(=O)NC(Cc1cnc[nH]1)C(=O)O. The Morgan fingerprint density at radius 3 is 2.14 bits per heavy atom. The number of rotatable bonds is 14. The van der Waals surface area contributed by atoms with Gasteiger partial charge in [-0.25, -0.2) is 14.8 Å². The molecule has 0 aromatic carbocycles. The number of aliphatic carboxylic acids is 1. The van der Waals surface area contributed by atoms with Crippen molar-refractivity contribution in [3.8, 4) is 0 Å². The first-order chi connectivity index (χ1) is 17.4. The third-order valence-corrected chi connectivity index (χ3v) is 6.47. The Bertz CT molecular complexity index is 994. The van der Waals surface area contributed by atoms with Crippen molar-refractivity contribution in [2.75, 3.05) is 18.6 Å². The molecule has 4 atom stereocenters. The van der Waals surface area contributed by atoms with Crippen molar-refractivity contribution >= 4 is 35.5 Å². The second kappa shape index (κ2) is 13.6. The lowest BCUT2D eigenvalue weighted by Crippen LogP contribution is -2.58. The number of hydrogen-bond acceptors (Lipinski definition) is 8. The van der Waals surface area contributed by atoms with E-state index < -0.39 is 35.9 Å². The van der Waals surface area contributed by atoms with E-state index in [0.29, 0.717) is 30.0 Å². The van der Waals surface area contributed by atoms with Crippen molar-refractivity contribution in [3.63, 3.8) is 0 Å². The van der Waals surface area contributed by atoms with Gasteiger partial charge in [0.25, 0.3) is 0 Å². The molecule has 2 aromatic heterocycles. The smallest absolute Gasteiger partial charge is 0.326 e. The van der Waals surface area contributed by atoms with Gasteiger partial charge in [-0.15, -0.1) is 0 Å². The molecule has 0 radical (unpaired) electrons. The lowest BCUT2D eigenvalue weighted by Gasteiger charge is -2.25. The maximum Gasteiger partial charge on any atom is 0.326 e. The standard InChI is InChI=1S/C22H32N8O5S/c1-36-6-4-16(28-19(31)15-3-2-5-25-15)20(32)29-17(7-13-9-23-11-26-13)21(33)30-18(22(34)35)8-14-10-24-12-27-14/h9-12,15-18,25H,2-8H2,1H3,(H,23,26)(H,24,27)(H,28,31)(H,29,32)(H,30,33)(H,34,35). The molecule has 3 amide bonds. The Labute approximate surface area is 212 Å². The van der Waals surface area contributed by atoms with E-state index in [9.17, 15) is 24.3 Å². The Kier molecular flexibility index (Phi) is 10.3. The number of amides is 3. The molecule has 0 spiro atoms. The Morgan fingerprint density at radius 1 is 1.00 bits per heavy atom. The van der Waals surface area contributed by atoms with Crippen LogP contribution < -0.4 is 21.3 Å². The summed E-state index contributed by atoms with van der Waals surface area (Å²) in [6, 6.07) is -3.53. The van der Waals surface area contributed by atoms with Crippen LogP contribution in [0.1, 0.15) is 30.7 Å². The molecule has 0 saturated carbocycles. The predicted molar refractivity (Wildman–Crippen MR) is 132 cm³/mol. The second-order valence-electron chi connectivity index (χ2n) is 8.51. The molecule has 0 bridgehead atoms. The molecule has 1 saturated heterocycles. The highest BCUT2D eigenvalue weighted by atomic mass is 32.2. The van der Waals surface area contributed by atoms with E-state index in [4.69, 9.17) is 0 Å². The number of nitrogens with zero attached hydrogens (tertiary/aromatic N) is 2. The van der Waals surface area contributed by atoms with Crippen LogP contribution in [-0.2, 0) is 32.0 Å². The molecule has 1 fully saturated rings. The van der Waals surface area contributed by atoms with Crippen LogP contribution in [0, 0.1) is 0 Å². The van der Waals surface area contributed by atoms with Gasteiger partial charge in [0.15, 0.2) is 0 Å². The first-order valence-corrected chi connectivity index (χ1v) is 13.1. The normalized spacial score (nSPS) is 17.6. The van der Waals surface area contributed by atoms with Crippen LogP contribution in [0.25, 0.3) is 0 Å². The molecule has 1 aliphatic heterocycles. The summed E-state index contributed by atoms with van der Waals surface area (Å²) in [5.74, 6) is -2.04. The summed E-state index contributed by atoms with van der Waals surface area (Å²) < 4.78 is 0. The van der Waals surface area contributed by atoms with Gasteiger partial charge < -0.3 is 36.3 Å². The molecule has 4 unspecified atom stereocenters. The highest BCUT2D eigenvalue weighted by Crippen LogP contribution is 2.09. The fourth-order valence-electron chi connectivity index (χ4n) is 3.87. The number of carbonyl (C=O) groups excluding carboxylic acids is 3. The largest absolute Gasteiger partial charge is 0.480 e. The molecule has 3 rings (SSSR count). The molecule has 13 nitrogen and oxygen atoms in total. The Balaban J connectivity index is 1.71. The Hall–Kier alpha value is -3.39. The first kappa shape index (κ1) is 27.2. The minimum Gasteiger partial charge on any atom is -0.480 e. The fraction of sp³-hybridized carbons (Fsp3) is 0.545. The average Bonchev–Trinajstić information content (AvgIpc) is 3.64. The monoisotopic (exact) mass is 520 g/mol. The number of thioether (sulfide) groups is 1. The van der Waals surface area contributed by atoms with Gasteiger partial charge in [-0.3, -0.25) is 14.4 Å². The average molecular weight is 521 g/mol. The lowest BCUT2D eigenvalue weighted by molar-refractivity contribution is -0.142.